The average molecular weight is 265 g/mol. The van der Waals surface area contributed by atoms with Crippen LogP contribution in [0.4, 0.5) is 5.69 Å². The highest BCUT2D eigenvalue weighted by atomic mass is 15.3. The standard InChI is InChI=1S/C17H19N3/c1-2-16-14-10-6-7-11-15(14)19-17(18)20(16)12-13-8-4-3-5-9-13/h3-11,16H,2,12H2,1H3,(H2,18,19)/t16-/m1/s1. The van der Waals surface area contributed by atoms with E-state index in [-0.39, 0.29) is 0 Å². The van der Waals surface area contributed by atoms with E-state index < -0.39 is 0 Å². The van der Waals surface area contributed by atoms with Crippen molar-refractivity contribution in [1.29, 1.82) is 0 Å². The SMILES string of the molecule is CC[C@@H]1c2ccccc2N=C(N)N1Cc1ccccc1. The lowest BCUT2D eigenvalue weighted by molar-refractivity contribution is 0.293. The lowest BCUT2D eigenvalue weighted by Crippen LogP contribution is -2.41. The van der Waals surface area contributed by atoms with E-state index in [1.807, 2.05) is 18.2 Å². The van der Waals surface area contributed by atoms with Gasteiger partial charge in [-0.15, -0.1) is 0 Å². The smallest absolute Gasteiger partial charge is 0.197 e. The largest absolute Gasteiger partial charge is 0.369 e. The summed E-state index contributed by atoms with van der Waals surface area (Å²) in [6, 6.07) is 19.0. The minimum absolute atomic E-state index is 0.295. The first-order chi connectivity index (χ1) is 9.79. The summed E-state index contributed by atoms with van der Waals surface area (Å²) in [4.78, 5) is 6.73. The van der Waals surface area contributed by atoms with Crippen molar-refractivity contribution >= 4 is 11.6 Å². The van der Waals surface area contributed by atoms with Crippen molar-refractivity contribution < 1.29 is 0 Å². The van der Waals surface area contributed by atoms with Gasteiger partial charge in [0.25, 0.3) is 0 Å². The fraction of sp³-hybridized carbons (Fsp3) is 0.235. The first-order valence-corrected chi connectivity index (χ1v) is 7.03. The fourth-order valence-corrected chi connectivity index (χ4v) is 2.80. The van der Waals surface area contributed by atoms with Gasteiger partial charge in [0, 0.05) is 12.1 Å². The predicted molar refractivity (Wildman–Crippen MR) is 82.7 cm³/mol. The Labute approximate surface area is 119 Å². The zero-order valence-corrected chi connectivity index (χ0v) is 11.7. The molecule has 3 rings (SSSR count). The van der Waals surface area contributed by atoms with Crippen molar-refractivity contribution in [2.75, 3.05) is 0 Å². The summed E-state index contributed by atoms with van der Waals surface area (Å²) in [7, 11) is 0. The third kappa shape index (κ3) is 2.27. The molecule has 3 nitrogen and oxygen atoms in total. The van der Waals surface area contributed by atoms with E-state index in [1.54, 1.807) is 0 Å². The normalized spacial score (nSPS) is 17.6. The average Bonchev–Trinajstić information content (AvgIpc) is 2.49. The Morgan fingerprint density at radius 1 is 1.05 bits per heavy atom. The van der Waals surface area contributed by atoms with Crippen molar-refractivity contribution in [2.45, 2.75) is 25.9 Å². The predicted octanol–water partition coefficient (Wildman–Crippen LogP) is 3.60. The highest BCUT2D eigenvalue weighted by Crippen LogP contribution is 2.36. The first-order valence-electron chi connectivity index (χ1n) is 7.03. The topological polar surface area (TPSA) is 41.6 Å². The zero-order chi connectivity index (χ0) is 13.9. The summed E-state index contributed by atoms with van der Waals surface area (Å²) in [6.07, 6.45) is 1.01. The minimum Gasteiger partial charge on any atom is -0.369 e. The molecule has 1 aliphatic heterocycles. The molecule has 20 heavy (non-hydrogen) atoms. The molecule has 2 N–H and O–H groups in total. The van der Waals surface area contributed by atoms with Crippen LogP contribution in [-0.4, -0.2) is 10.9 Å². The number of nitrogens with zero attached hydrogens (tertiary/aromatic N) is 2. The van der Waals surface area contributed by atoms with Crippen LogP contribution in [0.2, 0.25) is 0 Å². The van der Waals surface area contributed by atoms with E-state index >= 15 is 0 Å². The molecule has 2 aromatic carbocycles. The van der Waals surface area contributed by atoms with Crippen LogP contribution in [0.15, 0.2) is 59.6 Å². The van der Waals surface area contributed by atoms with Crippen LogP contribution in [0, 0.1) is 0 Å². The number of nitrogens with two attached hydrogens (primary N) is 1. The van der Waals surface area contributed by atoms with Gasteiger partial charge in [-0.3, -0.25) is 0 Å². The van der Waals surface area contributed by atoms with Crippen LogP contribution in [0.1, 0.15) is 30.5 Å². The van der Waals surface area contributed by atoms with Gasteiger partial charge in [0.2, 0.25) is 0 Å². The van der Waals surface area contributed by atoms with Gasteiger partial charge in [-0.05, 0) is 18.1 Å². The van der Waals surface area contributed by atoms with Crippen LogP contribution >= 0.6 is 0 Å². The summed E-state index contributed by atoms with van der Waals surface area (Å²) in [5.74, 6) is 0.611. The van der Waals surface area contributed by atoms with Gasteiger partial charge in [0.05, 0.1) is 11.7 Å². The number of guanidine groups is 1. The van der Waals surface area contributed by atoms with Crippen molar-refractivity contribution in [3.05, 3.63) is 65.7 Å². The highest BCUT2D eigenvalue weighted by molar-refractivity contribution is 5.84. The van der Waals surface area contributed by atoms with Crippen LogP contribution in [0.25, 0.3) is 0 Å². The number of rotatable bonds is 3. The molecule has 0 aromatic heterocycles. The first kappa shape index (κ1) is 12.7. The number of aliphatic imine (C=N–C) groups is 1. The van der Waals surface area contributed by atoms with E-state index in [1.165, 1.54) is 11.1 Å². The van der Waals surface area contributed by atoms with Gasteiger partial charge < -0.3 is 10.6 Å². The Balaban J connectivity index is 1.96. The molecule has 0 bridgehead atoms. The van der Waals surface area contributed by atoms with E-state index in [9.17, 15) is 0 Å². The van der Waals surface area contributed by atoms with Gasteiger partial charge in [-0.25, -0.2) is 4.99 Å². The summed E-state index contributed by atoms with van der Waals surface area (Å²) >= 11 is 0. The van der Waals surface area contributed by atoms with Crippen molar-refractivity contribution in [1.82, 2.24) is 4.90 Å². The quantitative estimate of drug-likeness (QED) is 0.921. The third-order valence-electron chi connectivity index (χ3n) is 3.78. The molecular formula is C17H19N3. The molecule has 2 aromatic rings. The summed E-state index contributed by atoms with van der Waals surface area (Å²) in [5, 5.41) is 0. The Hall–Kier alpha value is -2.29. The van der Waals surface area contributed by atoms with Crippen molar-refractivity contribution in [3.63, 3.8) is 0 Å². The lowest BCUT2D eigenvalue weighted by Gasteiger charge is -2.36. The molecule has 102 valence electrons. The third-order valence-corrected chi connectivity index (χ3v) is 3.78. The maximum absolute atomic E-state index is 6.18. The Kier molecular flexibility index (Phi) is 3.42. The highest BCUT2D eigenvalue weighted by Gasteiger charge is 2.26. The second-order valence-corrected chi connectivity index (χ2v) is 5.07. The number of hydrogen-bond acceptors (Lipinski definition) is 3. The number of hydrogen-bond donors (Lipinski definition) is 1. The van der Waals surface area contributed by atoms with E-state index in [2.05, 4.69) is 53.2 Å². The summed E-state index contributed by atoms with van der Waals surface area (Å²) in [5.41, 5.74) is 9.70. The van der Waals surface area contributed by atoms with Gasteiger partial charge in [-0.1, -0.05) is 55.5 Å². The molecular weight excluding hydrogens is 246 g/mol. The second-order valence-electron chi connectivity index (χ2n) is 5.07. The van der Waals surface area contributed by atoms with Crippen LogP contribution in [0.3, 0.4) is 0 Å². The molecule has 0 amide bonds. The van der Waals surface area contributed by atoms with Gasteiger partial charge in [0.1, 0.15) is 0 Å². The molecule has 0 spiro atoms. The molecule has 0 aliphatic carbocycles. The van der Waals surface area contributed by atoms with Gasteiger partial charge in [0.15, 0.2) is 5.96 Å². The van der Waals surface area contributed by atoms with Gasteiger partial charge >= 0.3 is 0 Å². The number of para-hydroxylation sites is 1. The summed E-state index contributed by atoms with van der Waals surface area (Å²) in [6.45, 7) is 2.99. The summed E-state index contributed by atoms with van der Waals surface area (Å²) < 4.78 is 0. The second kappa shape index (κ2) is 5.37. The number of benzene rings is 2. The molecule has 0 fully saturated rings. The Bertz CT molecular complexity index is 619. The van der Waals surface area contributed by atoms with Crippen LogP contribution in [0.5, 0.6) is 0 Å². The molecule has 0 saturated carbocycles. The van der Waals surface area contributed by atoms with Crippen LogP contribution in [-0.2, 0) is 6.54 Å². The molecule has 0 unspecified atom stereocenters. The number of fused-ring (bicyclic) bond motifs is 1. The molecule has 0 saturated heterocycles. The van der Waals surface area contributed by atoms with Gasteiger partial charge in [-0.2, -0.15) is 0 Å². The maximum atomic E-state index is 6.18. The van der Waals surface area contributed by atoms with Crippen LogP contribution < -0.4 is 5.73 Å². The van der Waals surface area contributed by atoms with Crippen molar-refractivity contribution in [2.24, 2.45) is 10.7 Å². The molecule has 3 heteroatoms. The zero-order valence-electron chi connectivity index (χ0n) is 11.7. The van der Waals surface area contributed by atoms with E-state index in [0.29, 0.717) is 12.0 Å². The van der Waals surface area contributed by atoms with E-state index in [0.717, 1.165) is 18.7 Å². The lowest BCUT2D eigenvalue weighted by atomic mass is 9.98. The maximum Gasteiger partial charge on any atom is 0.197 e. The fourth-order valence-electron chi connectivity index (χ4n) is 2.80. The van der Waals surface area contributed by atoms with E-state index in [4.69, 9.17) is 5.73 Å². The van der Waals surface area contributed by atoms with Crippen molar-refractivity contribution in [3.8, 4) is 0 Å². The molecule has 0 radical (unpaired) electrons. The Morgan fingerprint density at radius 2 is 1.75 bits per heavy atom. The molecule has 1 aliphatic rings. The molecule has 1 atom stereocenters. The Morgan fingerprint density at radius 3 is 2.50 bits per heavy atom. The monoisotopic (exact) mass is 265 g/mol. The minimum atomic E-state index is 0.295. The molecule has 1 heterocycles.